The quantitative estimate of drug-likeness (QED) is 0.765. The van der Waals surface area contributed by atoms with Gasteiger partial charge in [0.1, 0.15) is 5.69 Å². The van der Waals surface area contributed by atoms with Crippen LogP contribution >= 0.6 is 11.3 Å². The summed E-state index contributed by atoms with van der Waals surface area (Å²) in [6, 6.07) is 4.09. The fourth-order valence-electron chi connectivity index (χ4n) is 1.29. The van der Waals surface area contributed by atoms with E-state index in [4.69, 9.17) is 5.73 Å². The van der Waals surface area contributed by atoms with Gasteiger partial charge >= 0.3 is 0 Å². The number of aromatic nitrogens is 2. The number of thiophene rings is 1. The molecule has 3 nitrogen and oxygen atoms in total. The number of nitrogens with zero attached hydrogens (tertiary/aromatic N) is 1. The van der Waals surface area contributed by atoms with Crippen molar-refractivity contribution in [2.45, 2.75) is 13.5 Å². The summed E-state index contributed by atoms with van der Waals surface area (Å²) in [5.74, 6) is 0. The van der Waals surface area contributed by atoms with Gasteiger partial charge in [0, 0.05) is 12.1 Å². The van der Waals surface area contributed by atoms with Crippen LogP contribution in [0.25, 0.3) is 10.6 Å². The van der Waals surface area contributed by atoms with Crippen molar-refractivity contribution in [2.75, 3.05) is 0 Å². The SMILES string of the molecule is Cc1c(-c2cccs2)n[nH]c1CN. The molecule has 68 valence electrons. The third-order valence-corrected chi connectivity index (χ3v) is 2.95. The van der Waals surface area contributed by atoms with Crippen molar-refractivity contribution in [3.63, 3.8) is 0 Å². The summed E-state index contributed by atoms with van der Waals surface area (Å²) in [5.41, 5.74) is 8.75. The Morgan fingerprint density at radius 3 is 3.00 bits per heavy atom. The van der Waals surface area contributed by atoms with Crippen molar-refractivity contribution < 1.29 is 0 Å². The maximum absolute atomic E-state index is 5.55. The Hall–Kier alpha value is -1.13. The molecule has 2 rings (SSSR count). The molecule has 0 atom stereocenters. The Labute approximate surface area is 80.6 Å². The summed E-state index contributed by atoms with van der Waals surface area (Å²) in [4.78, 5) is 1.19. The first-order valence-electron chi connectivity index (χ1n) is 4.10. The summed E-state index contributed by atoms with van der Waals surface area (Å²) >= 11 is 1.69. The molecule has 2 heterocycles. The predicted molar refractivity (Wildman–Crippen MR) is 54.5 cm³/mol. The van der Waals surface area contributed by atoms with Gasteiger partial charge in [0.2, 0.25) is 0 Å². The van der Waals surface area contributed by atoms with Crippen LogP contribution in [-0.4, -0.2) is 10.2 Å². The number of aromatic amines is 1. The summed E-state index contributed by atoms with van der Waals surface area (Å²) in [6.07, 6.45) is 0. The molecule has 0 spiro atoms. The van der Waals surface area contributed by atoms with E-state index < -0.39 is 0 Å². The van der Waals surface area contributed by atoms with E-state index in [2.05, 4.69) is 16.3 Å². The van der Waals surface area contributed by atoms with E-state index in [1.165, 1.54) is 4.88 Å². The lowest BCUT2D eigenvalue weighted by Gasteiger charge is -1.93. The fourth-order valence-corrected chi connectivity index (χ4v) is 2.06. The molecule has 0 aliphatic heterocycles. The second kappa shape index (κ2) is 3.32. The van der Waals surface area contributed by atoms with Gasteiger partial charge in [0.25, 0.3) is 0 Å². The average molecular weight is 193 g/mol. The monoisotopic (exact) mass is 193 g/mol. The van der Waals surface area contributed by atoms with Crippen molar-refractivity contribution in [3.8, 4) is 10.6 Å². The molecule has 0 fully saturated rings. The standard InChI is InChI=1S/C9H11N3S/c1-6-7(5-10)11-12-9(6)8-3-2-4-13-8/h2-4H,5,10H2,1H3,(H,11,12). The highest BCUT2D eigenvalue weighted by atomic mass is 32.1. The summed E-state index contributed by atoms with van der Waals surface area (Å²) in [5, 5.41) is 9.23. The maximum Gasteiger partial charge on any atom is 0.105 e. The van der Waals surface area contributed by atoms with Gasteiger partial charge in [-0.05, 0) is 18.4 Å². The highest BCUT2D eigenvalue weighted by Gasteiger charge is 2.09. The lowest BCUT2D eigenvalue weighted by atomic mass is 10.2. The Morgan fingerprint density at radius 1 is 1.62 bits per heavy atom. The summed E-state index contributed by atoms with van der Waals surface area (Å²) < 4.78 is 0. The topological polar surface area (TPSA) is 54.7 Å². The molecule has 2 aromatic heterocycles. The van der Waals surface area contributed by atoms with Crippen molar-refractivity contribution in [1.82, 2.24) is 10.2 Å². The van der Waals surface area contributed by atoms with E-state index >= 15 is 0 Å². The maximum atomic E-state index is 5.55. The second-order valence-corrected chi connectivity index (χ2v) is 3.80. The smallest absolute Gasteiger partial charge is 0.105 e. The molecular weight excluding hydrogens is 182 g/mol. The molecule has 0 unspecified atom stereocenters. The number of rotatable bonds is 2. The lowest BCUT2D eigenvalue weighted by Crippen LogP contribution is -1.98. The van der Waals surface area contributed by atoms with Gasteiger partial charge in [-0.2, -0.15) is 5.10 Å². The number of nitrogens with two attached hydrogens (primary N) is 1. The number of H-pyrrole nitrogens is 1. The first-order chi connectivity index (χ1) is 6.33. The molecule has 0 aromatic carbocycles. The van der Waals surface area contributed by atoms with Crippen molar-refractivity contribution in [2.24, 2.45) is 5.73 Å². The Bertz CT molecular complexity index is 389. The Morgan fingerprint density at radius 2 is 2.46 bits per heavy atom. The molecule has 0 saturated carbocycles. The van der Waals surface area contributed by atoms with Gasteiger partial charge in [-0.1, -0.05) is 6.07 Å². The van der Waals surface area contributed by atoms with Crippen LogP contribution < -0.4 is 5.73 Å². The van der Waals surface area contributed by atoms with Crippen molar-refractivity contribution in [3.05, 3.63) is 28.8 Å². The van der Waals surface area contributed by atoms with E-state index in [9.17, 15) is 0 Å². The van der Waals surface area contributed by atoms with Gasteiger partial charge in [-0.15, -0.1) is 11.3 Å². The Balaban J connectivity index is 2.48. The average Bonchev–Trinajstić information content (AvgIpc) is 2.72. The first kappa shape index (κ1) is 8.47. The van der Waals surface area contributed by atoms with E-state index in [1.807, 2.05) is 18.4 Å². The molecule has 0 amide bonds. The zero-order valence-corrected chi connectivity index (χ0v) is 8.19. The number of hydrogen-bond donors (Lipinski definition) is 2. The molecule has 0 radical (unpaired) electrons. The van der Waals surface area contributed by atoms with Crippen LogP contribution in [-0.2, 0) is 6.54 Å². The van der Waals surface area contributed by atoms with Gasteiger partial charge < -0.3 is 5.73 Å². The van der Waals surface area contributed by atoms with Crippen molar-refractivity contribution in [1.29, 1.82) is 0 Å². The highest BCUT2D eigenvalue weighted by Crippen LogP contribution is 2.26. The van der Waals surface area contributed by atoms with E-state index in [0.29, 0.717) is 6.54 Å². The predicted octanol–water partition coefficient (Wildman–Crippen LogP) is 1.91. The second-order valence-electron chi connectivity index (χ2n) is 2.86. The van der Waals surface area contributed by atoms with Crippen molar-refractivity contribution >= 4 is 11.3 Å². The highest BCUT2D eigenvalue weighted by molar-refractivity contribution is 7.13. The Kier molecular flexibility index (Phi) is 2.16. The zero-order chi connectivity index (χ0) is 9.26. The fraction of sp³-hybridized carbons (Fsp3) is 0.222. The van der Waals surface area contributed by atoms with Crippen LogP contribution in [0.15, 0.2) is 17.5 Å². The molecule has 3 N–H and O–H groups in total. The van der Waals surface area contributed by atoms with Gasteiger partial charge in [0.05, 0.1) is 10.6 Å². The molecule has 2 aromatic rings. The lowest BCUT2D eigenvalue weighted by molar-refractivity contribution is 0.942. The normalized spacial score (nSPS) is 10.6. The van der Waals surface area contributed by atoms with Crippen LogP contribution in [0.1, 0.15) is 11.3 Å². The van der Waals surface area contributed by atoms with Crippen LogP contribution in [0.4, 0.5) is 0 Å². The third kappa shape index (κ3) is 1.38. The zero-order valence-electron chi connectivity index (χ0n) is 7.37. The largest absolute Gasteiger partial charge is 0.325 e. The van der Waals surface area contributed by atoms with Crippen LogP contribution in [0.3, 0.4) is 0 Å². The first-order valence-corrected chi connectivity index (χ1v) is 4.98. The van der Waals surface area contributed by atoms with E-state index in [0.717, 1.165) is 17.0 Å². The molecule has 0 aliphatic carbocycles. The minimum atomic E-state index is 0.518. The summed E-state index contributed by atoms with van der Waals surface area (Å²) in [6.45, 7) is 2.56. The van der Waals surface area contributed by atoms with Crippen LogP contribution in [0, 0.1) is 6.92 Å². The summed E-state index contributed by atoms with van der Waals surface area (Å²) in [7, 11) is 0. The van der Waals surface area contributed by atoms with E-state index in [-0.39, 0.29) is 0 Å². The molecular formula is C9H11N3S. The van der Waals surface area contributed by atoms with Gasteiger partial charge in [-0.3, -0.25) is 5.10 Å². The molecule has 0 saturated heterocycles. The molecule has 0 aliphatic rings. The number of nitrogens with one attached hydrogen (secondary N) is 1. The molecule has 13 heavy (non-hydrogen) atoms. The minimum Gasteiger partial charge on any atom is -0.325 e. The van der Waals surface area contributed by atoms with Crippen LogP contribution in [0.2, 0.25) is 0 Å². The van der Waals surface area contributed by atoms with Gasteiger partial charge in [0.15, 0.2) is 0 Å². The van der Waals surface area contributed by atoms with Crippen LogP contribution in [0.5, 0.6) is 0 Å². The minimum absolute atomic E-state index is 0.518. The third-order valence-electron chi connectivity index (χ3n) is 2.07. The molecule has 4 heteroatoms. The molecule has 0 bridgehead atoms. The van der Waals surface area contributed by atoms with Gasteiger partial charge in [-0.25, -0.2) is 0 Å². The number of hydrogen-bond acceptors (Lipinski definition) is 3. The van der Waals surface area contributed by atoms with E-state index in [1.54, 1.807) is 11.3 Å².